The van der Waals surface area contributed by atoms with Crippen molar-refractivity contribution < 1.29 is 9.59 Å². The van der Waals surface area contributed by atoms with Gasteiger partial charge in [-0.25, -0.2) is 4.98 Å². The molecule has 0 saturated carbocycles. The molecule has 3 rings (SSSR count). The van der Waals surface area contributed by atoms with Crippen LogP contribution in [0.15, 0.2) is 55.0 Å². The number of aromatic nitrogens is 2. The molecule has 0 radical (unpaired) electrons. The minimum absolute atomic E-state index is 0.0403. The topological polar surface area (TPSA) is 63.5 Å². The molecule has 1 aromatic carbocycles. The summed E-state index contributed by atoms with van der Waals surface area (Å²) in [6.45, 7) is 1.49. The Labute approximate surface area is 121 Å². The number of nitrogens with zero attached hydrogens (tertiary/aromatic N) is 2. The third kappa shape index (κ3) is 2.53. The van der Waals surface area contributed by atoms with Crippen LogP contribution in [0.3, 0.4) is 0 Å². The van der Waals surface area contributed by atoms with Crippen molar-refractivity contribution in [3.05, 3.63) is 66.1 Å². The standard InChI is InChI=1S/C16H13N3O2/c1-11(20)12-4-2-5-13(10-12)18-16(21)14-6-3-8-19-9-7-17-15(14)19/h2-10H,1H3,(H,18,21). The molecule has 0 fully saturated rings. The van der Waals surface area contributed by atoms with Crippen molar-refractivity contribution in [2.24, 2.45) is 0 Å². The number of Topliss-reactive ketones (excluding diaryl/α,β-unsaturated/α-hetero) is 1. The predicted octanol–water partition coefficient (Wildman–Crippen LogP) is 2.79. The molecule has 2 aromatic heterocycles. The van der Waals surface area contributed by atoms with Crippen LogP contribution in [-0.2, 0) is 0 Å². The maximum absolute atomic E-state index is 12.4. The molecule has 0 atom stereocenters. The summed E-state index contributed by atoms with van der Waals surface area (Å²) >= 11 is 0. The number of fused-ring (bicyclic) bond motifs is 1. The molecule has 0 aliphatic carbocycles. The zero-order chi connectivity index (χ0) is 14.8. The number of imidazole rings is 1. The van der Waals surface area contributed by atoms with E-state index in [0.717, 1.165) is 0 Å². The van der Waals surface area contributed by atoms with Gasteiger partial charge < -0.3 is 9.72 Å². The van der Waals surface area contributed by atoms with Gasteiger partial charge in [-0.2, -0.15) is 0 Å². The molecule has 0 bridgehead atoms. The Morgan fingerprint density at radius 3 is 2.81 bits per heavy atom. The third-order valence-electron chi connectivity index (χ3n) is 3.19. The Kier molecular flexibility index (Phi) is 3.23. The molecule has 21 heavy (non-hydrogen) atoms. The highest BCUT2D eigenvalue weighted by molar-refractivity contribution is 6.08. The Morgan fingerprint density at radius 2 is 2.00 bits per heavy atom. The maximum atomic E-state index is 12.4. The number of nitrogens with one attached hydrogen (secondary N) is 1. The highest BCUT2D eigenvalue weighted by atomic mass is 16.1. The second-order valence-corrected chi connectivity index (χ2v) is 4.67. The van der Waals surface area contributed by atoms with Crippen LogP contribution in [-0.4, -0.2) is 21.1 Å². The fraction of sp³-hybridized carbons (Fsp3) is 0.0625. The van der Waals surface area contributed by atoms with Gasteiger partial charge in [0.25, 0.3) is 5.91 Å². The largest absolute Gasteiger partial charge is 0.322 e. The van der Waals surface area contributed by atoms with E-state index in [2.05, 4.69) is 10.3 Å². The average Bonchev–Trinajstić information content (AvgIpc) is 2.95. The number of carbonyl (C=O) groups excluding carboxylic acids is 2. The van der Waals surface area contributed by atoms with Gasteiger partial charge in [0.05, 0.1) is 5.56 Å². The molecule has 0 spiro atoms. The van der Waals surface area contributed by atoms with Gasteiger partial charge in [-0.1, -0.05) is 12.1 Å². The van der Waals surface area contributed by atoms with E-state index < -0.39 is 0 Å². The fourth-order valence-electron chi connectivity index (χ4n) is 2.14. The highest BCUT2D eigenvalue weighted by Crippen LogP contribution is 2.15. The number of ketones is 1. The van der Waals surface area contributed by atoms with Crippen LogP contribution < -0.4 is 5.32 Å². The van der Waals surface area contributed by atoms with Crippen LogP contribution in [0.2, 0.25) is 0 Å². The first-order chi connectivity index (χ1) is 10.1. The van der Waals surface area contributed by atoms with E-state index in [1.165, 1.54) is 6.92 Å². The lowest BCUT2D eigenvalue weighted by molar-refractivity contribution is 0.101. The van der Waals surface area contributed by atoms with Crippen molar-refractivity contribution in [3.8, 4) is 0 Å². The average molecular weight is 279 g/mol. The van der Waals surface area contributed by atoms with Crippen molar-refractivity contribution >= 4 is 23.0 Å². The van der Waals surface area contributed by atoms with Crippen molar-refractivity contribution in [1.82, 2.24) is 9.38 Å². The zero-order valence-corrected chi connectivity index (χ0v) is 11.4. The summed E-state index contributed by atoms with van der Waals surface area (Å²) < 4.78 is 1.78. The second-order valence-electron chi connectivity index (χ2n) is 4.67. The molecule has 104 valence electrons. The number of pyridine rings is 1. The van der Waals surface area contributed by atoms with Crippen molar-refractivity contribution in [2.45, 2.75) is 6.92 Å². The molecule has 0 aliphatic heterocycles. The van der Waals surface area contributed by atoms with Crippen LogP contribution in [0, 0.1) is 0 Å². The van der Waals surface area contributed by atoms with Crippen LogP contribution >= 0.6 is 0 Å². The first-order valence-electron chi connectivity index (χ1n) is 6.49. The summed E-state index contributed by atoms with van der Waals surface area (Å²) in [6.07, 6.45) is 5.25. The quantitative estimate of drug-likeness (QED) is 0.750. The molecule has 0 saturated heterocycles. The number of anilines is 1. The van der Waals surface area contributed by atoms with Gasteiger partial charge in [-0.05, 0) is 31.2 Å². The zero-order valence-electron chi connectivity index (χ0n) is 11.4. The van der Waals surface area contributed by atoms with E-state index in [1.54, 1.807) is 53.2 Å². The smallest absolute Gasteiger partial charge is 0.259 e. The number of hydrogen-bond donors (Lipinski definition) is 1. The van der Waals surface area contributed by atoms with E-state index in [-0.39, 0.29) is 11.7 Å². The number of hydrogen-bond acceptors (Lipinski definition) is 3. The molecule has 2 heterocycles. The normalized spacial score (nSPS) is 10.5. The van der Waals surface area contributed by atoms with E-state index in [9.17, 15) is 9.59 Å². The first-order valence-corrected chi connectivity index (χ1v) is 6.49. The van der Waals surface area contributed by atoms with Gasteiger partial charge in [0.15, 0.2) is 5.78 Å². The van der Waals surface area contributed by atoms with Crippen LogP contribution in [0.4, 0.5) is 5.69 Å². The molecule has 0 aliphatic rings. The predicted molar refractivity (Wildman–Crippen MR) is 79.6 cm³/mol. The van der Waals surface area contributed by atoms with Crippen molar-refractivity contribution in [3.63, 3.8) is 0 Å². The lowest BCUT2D eigenvalue weighted by Gasteiger charge is -2.07. The van der Waals surface area contributed by atoms with Crippen LogP contribution in [0.5, 0.6) is 0 Å². The minimum atomic E-state index is -0.257. The van der Waals surface area contributed by atoms with E-state index in [0.29, 0.717) is 22.5 Å². The lowest BCUT2D eigenvalue weighted by atomic mass is 10.1. The Hall–Kier alpha value is -2.95. The maximum Gasteiger partial charge on any atom is 0.259 e. The van der Waals surface area contributed by atoms with Crippen molar-refractivity contribution in [1.29, 1.82) is 0 Å². The van der Waals surface area contributed by atoms with Gasteiger partial charge in [0.1, 0.15) is 5.65 Å². The number of rotatable bonds is 3. The molecular formula is C16H13N3O2. The summed E-state index contributed by atoms with van der Waals surface area (Å²) in [4.78, 5) is 27.9. The highest BCUT2D eigenvalue weighted by Gasteiger charge is 2.12. The molecule has 5 heteroatoms. The van der Waals surface area contributed by atoms with E-state index in [4.69, 9.17) is 0 Å². The third-order valence-corrected chi connectivity index (χ3v) is 3.19. The molecule has 1 amide bonds. The molecule has 3 aromatic rings. The second kappa shape index (κ2) is 5.20. The van der Waals surface area contributed by atoms with Gasteiger partial charge in [0.2, 0.25) is 0 Å². The summed E-state index contributed by atoms with van der Waals surface area (Å²) in [5, 5.41) is 2.79. The minimum Gasteiger partial charge on any atom is -0.322 e. The summed E-state index contributed by atoms with van der Waals surface area (Å²) in [5.74, 6) is -0.297. The van der Waals surface area contributed by atoms with Gasteiger partial charge in [-0.3, -0.25) is 9.59 Å². The fourth-order valence-corrected chi connectivity index (χ4v) is 2.14. The Balaban J connectivity index is 1.91. The van der Waals surface area contributed by atoms with Crippen molar-refractivity contribution in [2.75, 3.05) is 5.32 Å². The van der Waals surface area contributed by atoms with Crippen LogP contribution in [0.1, 0.15) is 27.6 Å². The monoisotopic (exact) mass is 279 g/mol. The summed E-state index contributed by atoms with van der Waals surface area (Å²) in [5.41, 5.74) is 2.22. The number of amides is 1. The van der Waals surface area contributed by atoms with Gasteiger partial charge >= 0.3 is 0 Å². The molecule has 0 unspecified atom stereocenters. The van der Waals surface area contributed by atoms with Crippen LogP contribution in [0.25, 0.3) is 5.65 Å². The van der Waals surface area contributed by atoms with E-state index in [1.807, 2.05) is 6.20 Å². The Morgan fingerprint density at radius 1 is 1.14 bits per heavy atom. The summed E-state index contributed by atoms with van der Waals surface area (Å²) in [6, 6.07) is 10.4. The van der Waals surface area contributed by atoms with Gasteiger partial charge in [-0.15, -0.1) is 0 Å². The lowest BCUT2D eigenvalue weighted by Crippen LogP contribution is -2.13. The molecular weight excluding hydrogens is 266 g/mol. The molecule has 1 N–H and O–H groups in total. The number of benzene rings is 1. The summed E-state index contributed by atoms with van der Waals surface area (Å²) in [7, 11) is 0. The van der Waals surface area contributed by atoms with E-state index >= 15 is 0 Å². The first kappa shape index (κ1) is 13.1. The Bertz CT molecular complexity index is 836. The van der Waals surface area contributed by atoms with Gasteiger partial charge in [0, 0.05) is 29.8 Å². The number of carbonyl (C=O) groups is 2. The molecule has 5 nitrogen and oxygen atoms in total. The SMILES string of the molecule is CC(=O)c1cccc(NC(=O)c2cccn3ccnc23)c1.